The lowest BCUT2D eigenvalue weighted by Crippen LogP contribution is -2.37. The van der Waals surface area contributed by atoms with Gasteiger partial charge in [-0.3, -0.25) is 0 Å². The van der Waals surface area contributed by atoms with Crippen LogP contribution in [0.15, 0.2) is 24.3 Å². The molecular formula is C18H29NO. The Morgan fingerprint density at radius 1 is 1.10 bits per heavy atom. The van der Waals surface area contributed by atoms with Crippen molar-refractivity contribution in [2.24, 2.45) is 11.8 Å². The Bertz CT molecular complexity index is 398. The van der Waals surface area contributed by atoms with Crippen molar-refractivity contribution in [1.82, 2.24) is 5.32 Å². The molecule has 0 bridgehead atoms. The molecule has 0 amide bonds. The highest BCUT2D eigenvalue weighted by Gasteiger charge is 2.25. The van der Waals surface area contributed by atoms with Gasteiger partial charge in [-0.25, -0.2) is 0 Å². The van der Waals surface area contributed by atoms with Crippen LogP contribution in [0.2, 0.25) is 0 Å². The maximum absolute atomic E-state index is 5.22. The molecule has 1 aliphatic rings. The molecule has 0 saturated heterocycles. The molecular weight excluding hydrogens is 246 g/mol. The number of hydrogen-bond acceptors (Lipinski definition) is 2. The molecule has 1 fully saturated rings. The zero-order valence-electron chi connectivity index (χ0n) is 13.4. The summed E-state index contributed by atoms with van der Waals surface area (Å²) < 4.78 is 5.22. The van der Waals surface area contributed by atoms with Gasteiger partial charge in [0.1, 0.15) is 5.75 Å². The van der Waals surface area contributed by atoms with E-state index in [0.29, 0.717) is 12.1 Å². The Balaban J connectivity index is 1.91. The fourth-order valence-corrected chi connectivity index (χ4v) is 3.33. The van der Waals surface area contributed by atoms with Crippen LogP contribution in [-0.2, 0) is 0 Å². The van der Waals surface area contributed by atoms with Gasteiger partial charge in [0.2, 0.25) is 0 Å². The summed E-state index contributed by atoms with van der Waals surface area (Å²) in [7, 11) is 1.71. The van der Waals surface area contributed by atoms with Gasteiger partial charge in [0.25, 0.3) is 0 Å². The molecule has 0 radical (unpaired) electrons. The summed E-state index contributed by atoms with van der Waals surface area (Å²) in [5, 5.41) is 3.82. The van der Waals surface area contributed by atoms with Crippen LogP contribution in [0.4, 0.5) is 0 Å². The van der Waals surface area contributed by atoms with E-state index in [2.05, 4.69) is 38.2 Å². The first-order chi connectivity index (χ1) is 9.60. The van der Waals surface area contributed by atoms with Crippen LogP contribution in [-0.4, -0.2) is 13.2 Å². The molecule has 0 aromatic heterocycles. The van der Waals surface area contributed by atoms with E-state index in [9.17, 15) is 0 Å². The molecule has 1 saturated carbocycles. The van der Waals surface area contributed by atoms with Crippen LogP contribution >= 0.6 is 0 Å². The van der Waals surface area contributed by atoms with Crippen molar-refractivity contribution in [1.29, 1.82) is 0 Å². The average molecular weight is 275 g/mol. The van der Waals surface area contributed by atoms with E-state index < -0.39 is 0 Å². The number of hydrogen-bond donors (Lipinski definition) is 1. The van der Waals surface area contributed by atoms with Crippen LogP contribution in [0, 0.1) is 11.8 Å². The van der Waals surface area contributed by atoms with E-state index >= 15 is 0 Å². The number of nitrogens with one attached hydrogen (secondary N) is 1. The van der Waals surface area contributed by atoms with Crippen molar-refractivity contribution in [3.8, 4) is 5.75 Å². The third-order valence-electron chi connectivity index (χ3n) is 4.76. The van der Waals surface area contributed by atoms with Crippen molar-refractivity contribution >= 4 is 0 Å². The number of benzene rings is 1. The zero-order chi connectivity index (χ0) is 14.5. The molecule has 112 valence electrons. The second-order valence-electron chi connectivity index (χ2n) is 6.53. The van der Waals surface area contributed by atoms with Gasteiger partial charge < -0.3 is 10.1 Å². The average Bonchev–Trinajstić information content (AvgIpc) is 2.47. The van der Waals surface area contributed by atoms with Crippen molar-refractivity contribution < 1.29 is 4.74 Å². The maximum atomic E-state index is 5.22. The van der Waals surface area contributed by atoms with E-state index in [1.165, 1.54) is 31.2 Å². The first-order valence-electron chi connectivity index (χ1n) is 8.00. The Hall–Kier alpha value is -1.02. The van der Waals surface area contributed by atoms with E-state index in [4.69, 9.17) is 4.74 Å². The molecule has 1 aromatic carbocycles. The summed E-state index contributed by atoms with van der Waals surface area (Å²) in [6.07, 6.45) is 5.44. The molecule has 2 nitrogen and oxygen atoms in total. The number of ether oxygens (including phenoxy) is 1. The molecule has 1 aliphatic carbocycles. The van der Waals surface area contributed by atoms with Gasteiger partial charge in [0.15, 0.2) is 0 Å². The van der Waals surface area contributed by atoms with Crippen molar-refractivity contribution in [3.63, 3.8) is 0 Å². The molecule has 20 heavy (non-hydrogen) atoms. The molecule has 3 atom stereocenters. The topological polar surface area (TPSA) is 21.3 Å². The molecule has 2 unspecified atom stereocenters. The molecule has 2 heteroatoms. The summed E-state index contributed by atoms with van der Waals surface area (Å²) in [6, 6.07) is 9.51. The lowest BCUT2D eigenvalue weighted by Gasteiger charge is -2.34. The second-order valence-corrected chi connectivity index (χ2v) is 6.53. The summed E-state index contributed by atoms with van der Waals surface area (Å²) in [5.41, 5.74) is 1.34. The molecule has 0 spiro atoms. The molecule has 1 N–H and O–H groups in total. The normalized spacial score (nSPS) is 24.6. The number of rotatable bonds is 5. The minimum atomic E-state index is 0.414. The Morgan fingerprint density at radius 2 is 1.80 bits per heavy atom. The molecule has 0 aliphatic heterocycles. The predicted molar refractivity (Wildman–Crippen MR) is 85.1 cm³/mol. The first kappa shape index (κ1) is 15.4. The summed E-state index contributed by atoms with van der Waals surface area (Å²) in [4.78, 5) is 0. The van der Waals surface area contributed by atoms with Crippen LogP contribution in [0.5, 0.6) is 5.75 Å². The van der Waals surface area contributed by atoms with Gasteiger partial charge in [0, 0.05) is 12.1 Å². The fraction of sp³-hybridized carbons (Fsp3) is 0.667. The number of methoxy groups -OCH3 is 1. The van der Waals surface area contributed by atoms with Crippen molar-refractivity contribution in [2.45, 2.75) is 58.5 Å². The molecule has 0 heterocycles. The Labute approximate surface area is 123 Å². The van der Waals surface area contributed by atoms with Crippen LogP contribution < -0.4 is 10.1 Å². The fourth-order valence-electron chi connectivity index (χ4n) is 3.33. The van der Waals surface area contributed by atoms with Crippen molar-refractivity contribution in [2.75, 3.05) is 7.11 Å². The second kappa shape index (κ2) is 7.12. The Kier molecular flexibility index (Phi) is 5.47. The minimum absolute atomic E-state index is 0.414. The summed E-state index contributed by atoms with van der Waals surface area (Å²) in [6.45, 7) is 6.99. The van der Waals surface area contributed by atoms with Gasteiger partial charge in [-0.2, -0.15) is 0 Å². The highest BCUT2D eigenvalue weighted by molar-refractivity contribution is 5.28. The van der Waals surface area contributed by atoms with Gasteiger partial charge >= 0.3 is 0 Å². The smallest absolute Gasteiger partial charge is 0.118 e. The van der Waals surface area contributed by atoms with Gasteiger partial charge in [0.05, 0.1) is 7.11 Å². The van der Waals surface area contributed by atoms with Crippen LogP contribution in [0.25, 0.3) is 0 Å². The van der Waals surface area contributed by atoms with Crippen LogP contribution in [0.1, 0.15) is 58.1 Å². The van der Waals surface area contributed by atoms with E-state index in [-0.39, 0.29) is 0 Å². The highest BCUT2D eigenvalue weighted by atomic mass is 16.5. The van der Waals surface area contributed by atoms with E-state index in [1.54, 1.807) is 7.11 Å². The molecule has 2 rings (SSSR count). The van der Waals surface area contributed by atoms with Crippen molar-refractivity contribution in [3.05, 3.63) is 29.8 Å². The third kappa shape index (κ3) is 3.99. The SMILES string of the molecule is COc1ccc([C@H](C)NC2CCCC(C(C)C)C2)cc1. The summed E-state index contributed by atoms with van der Waals surface area (Å²) in [5.74, 6) is 2.64. The standard InChI is InChI=1S/C18H29NO/c1-13(2)16-6-5-7-17(12-16)19-14(3)15-8-10-18(20-4)11-9-15/h8-11,13-14,16-17,19H,5-7,12H2,1-4H3/t14-,16?,17?/m0/s1. The third-order valence-corrected chi connectivity index (χ3v) is 4.76. The van der Waals surface area contributed by atoms with E-state index in [1.807, 2.05) is 12.1 Å². The molecule has 1 aromatic rings. The Morgan fingerprint density at radius 3 is 2.40 bits per heavy atom. The largest absolute Gasteiger partial charge is 0.497 e. The van der Waals surface area contributed by atoms with Gasteiger partial charge in [-0.15, -0.1) is 0 Å². The highest BCUT2D eigenvalue weighted by Crippen LogP contribution is 2.31. The predicted octanol–water partition coefficient (Wildman–Crippen LogP) is 4.56. The lowest BCUT2D eigenvalue weighted by molar-refractivity contribution is 0.223. The minimum Gasteiger partial charge on any atom is -0.497 e. The van der Waals surface area contributed by atoms with Gasteiger partial charge in [-0.05, 0) is 49.3 Å². The van der Waals surface area contributed by atoms with Gasteiger partial charge in [-0.1, -0.05) is 38.8 Å². The van der Waals surface area contributed by atoms with E-state index in [0.717, 1.165) is 17.6 Å². The monoisotopic (exact) mass is 275 g/mol. The zero-order valence-corrected chi connectivity index (χ0v) is 13.4. The summed E-state index contributed by atoms with van der Waals surface area (Å²) >= 11 is 0. The maximum Gasteiger partial charge on any atom is 0.118 e. The quantitative estimate of drug-likeness (QED) is 0.850. The first-order valence-corrected chi connectivity index (χ1v) is 8.00. The lowest BCUT2D eigenvalue weighted by atomic mass is 9.79. The van der Waals surface area contributed by atoms with Crippen LogP contribution in [0.3, 0.4) is 0 Å².